The zero-order valence-corrected chi connectivity index (χ0v) is 12.0. The minimum Gasteiger partial charge on any atom is -0.236 e. The molecule has 0 aliphatic carbocycles. The van der Waals surface area contributed by atoms with Gasteiger partial charge in [-0.3, -0.25) is 0 Å². The highest BCUT2D eigenvalue weighted by molar-refractivity contribution is 7.98. The summed E-state index contributed by atoms with van der Waals surface area (Å²) in [5, 5.41) is 0.989. The molecule has 3 rings (SSSR count). The lowest BCUT2D eigenvalue weighted by molar-refractivity contribution is 1.36. The SMILES string of the molecule is C=Cc1nc2c(SCc3ccccc3)cccc2s1. The van der Waals surface area contributed by atoms with Crippen LogP contribution in [0.5, 0.6) is 0 Å². The van der Waals surface area contributed by atoms with Crippen molar-refractivity contribution in [1.29, 1.82) is 0 Å². The number of hydrogen-bond acceptors (Lipinski definition) is 3. The normalized spacial score (nSPS) is 10.7. The van der Waals surface area contributed by atoms with Crippen LogP contribution in [0.3, 0.4) is 0 Å². The van der Waals surface area contributed by atoms with E-state index in [0.29, 0.717) is 0 Å². The van der Waals surface area contributed by atoms with Gasteiger partial charge in [-0.25, -0.2) is 4.98 Å². The highest BCUT2D eigenvalue weighted by Crippen LogP contribution is 2.32. The summed E-state index contributed by atoms with van der Waals surface area (Å²) in [5.41, 5.74) is 2.44. The van der Waals surface area contributed by atoms with Crippen LogP contribution < -0.4 is 0 Å². The lowest BCUT2D eigenvalue weighted by atomic mass is 10.2. The molecule has 0 fully saturated rings. The van der Waals surface area contributed by atoms with Gasteiger partial charge < -0.3 is 0 Å². The first-order valence-electron chi connectivity index (χ1n) is 6.05. The van der Waals surface area contributed by atoms with Crippen LogP contribution in [0.4, 0.5) is 0 Å². The third kappa shape index (κ3) is 2.72. The van der Waals surface area contributed by atoms with Gasteiger partial charge in [0.1, 0.15) is 5.01 Å². The first-order valence-corrected chi connectivity index (χ1v) is 7.86. The van der Waals surface area contributed by atoms with Gasteiger partial charge in [0.05, 0.1) is 10.2 Å². The summed E-state index contributed by atoms with van der Waals surface area (Å²) in [6.45, 7) is 3.79. The Kier molecular flexibility index (Phi) is 3.67. The van der Waals surface area contributed by atoms with Gasteiger partial charge in [0.2, 0.25) is 0 Å². The van der Waals surface area contributed by atoms with Gasteiger partial charge >= 0.3 is 0 Å². The van der Waals surface area contributed by atoms with Crippen molar-refractivity contribution < 1.29 is 0 Å². The molecule has 19 heavy (non-hydrogen) atoms. The van der Waals surface area contributed by atoms with Gasteiger partial charge in [-0.2, -0.15) is 0 Å². The lowest BCUT2D eigenvalue weighted by Gasteiger charge is -2.02. The van der Waals surface area contributed by atoms with E-state index in [4.69, 9.17) is 0 Å². The first kappa shape index (κ1) is 12.5. The fourth-order valence-electron chi connectivity index (χ4n) is 1.88. The van der Waals surface area contributed by atoms with Crippen molar-refractivity contribution in [3.8, 4) is 0 Å². The topological polar surface area (TPSA) is 12.9 Å². The Hall–Kier alpha value is -1.58. The maximum absolute atomic E-state index is 4.62. The number of thioether (sulfide) groups is 1. The number of nitrogens with zero attached hydrogens (tertiary/aromatic N) is 1. The minimum atomic E-state index is 0.973. The van der Waals surface area contributed by atoms with Crippen molar-refractivity contribution in [3.05, 3.63) is 65.7 Å². The summed E-state index contributed by atoms with van der Waals surface area (Å²) in [7, 11) is 0. The van der Waals surface area contributed by atoms with Gasteiger partial charge in [0, 0.05) is 10.6 Å². The number of benzene rings is 2. The maximum atomic E-state index is 4.62. The minimum absolute atomic E-state index is 0.973. The van der Waals surface area contributed by atoms with Crippen LogP contribution >= 0.6 is 23.1 Å². The number of rotatable bonds is 4. The fourth-order valence-corrected chi connectivity index (χ4v) is 3.77. The van der Waals surface area contributed by atoms with Crippen molar-refractivity contribution in [2.45, 2.75) is 10.6 Å². The molecule has 94 valence electrons. The molecule has 0 aliphatic heterocycles. The number of para-hydroxylation sites is 1. The lowest BCUT2D eigenvalue weighted by Crippen LogP contribution is -1.81. The van der Waals surface area contributed by atoms with E-state index in [-0.39, 0.29) is 0 Å². The van der Waals surface area contributed by atoms with Crippen molar-refractivity contribution in [1.82, 2.24) is 4.98 Å². The summed E-state index contributed by atoms with van der Waals surface area (Å²) in [6.07, 6.45) is 1.82. The number of aromatic nitrogens is 1. The second-order valence-corrected chi connectivity index (χ2v) is 6.21. The molecular formula is C16H13NS2. The molecule has 1 heterocycles. The molecule has 1 nitrogen and oxygen atoms in total. The summed E-state index contributed by atoms with van der Waals surface area (Å²) in [6, 6.07) is 16.9. The predicted octanol–water partition coefficient (Wildman–Crippen LogP) is 5.23. The van der Waals surface area contributed by atoms with Crippen LogP contribution in [0.1, 0.15) is 10.6 Å². The molecule has 0 bridgehead atoms. The zero-order chi connectivity index (χ0) is 13.1. The highest BCUT2D eigenvalue weighted by atomic mass is 32.2. The van der Waals surface area contributed by atoms with E-state index < -0.39 is 0 Å². The second-order valence-electron chi connectivity index (χ2n) is 4.13. The molecule has 0 unspecified atom stereocenters. The van der Waals surface area contributed by atoms with E-state index in [1.807, 2.05) is 23.9 Å². The summed E-state index contributed by atoms with van der Waals surface area (Å²) in [5.74, 6) is 0.973. The molecule has 2 aromatic carbocycles. The molecule has 3 aromatic rings. The molecular weight excluding hydrogens is 270 g/mol. The number of fused-ring (bicyclic) bond motifs is 1. The Morgan fingerprint density at radius 2 is 1.95 bits per heavy atom. The van der Waals surface area contributed by atoms with Crippen LogP contribution in [0, 0.1) is 0 Å². The van der Waals surface area contributed by atoms with Crippen molar-refractivity contribution >= 4 is 39.4 Å². The van der Waals surface area contributed by atoms with Gasteiger partial charge in [-0.15, -0.1) is 23.1 Å². The summed E-state index contributed by atoms with van der Waals surface area (Å²) >= 11 is 3.53. The van der Waals surface area contributed by atoms with Gasteiger partial charge in [-0.1, -0.05) is 43.0 Å². The number of hydrogen-bond donors (Lipinski definition) is 0. The van der Waals surface area contributed by atoms with Gasteiger partial charge in [0.15, 0.2) is 0 Å². The maximum Gasteiger partial charge on any atom is 0.116 e. The Morgan fingerprint density at radius 1 is 1.11 bits per heavy atom. The van der Waals surface area contributed by atoms with E-state index in [1.54, 1.807) is 11.3 Å². The standard InChI is InChI=1S/C16H13NS2/c1-2-15-17-16-13(9-6-10-14(16)19-15)18-11-12-7-4-3-5-8-12/h2-10H,1,11H2. The van der Waals surface area contributed by atoms with Gasteiger partial charge in [-0.05, 0) is 23.8 Å². The first-order chi connectivity index (χ1) is 9.36. The average Bonchev–Trinajstić information content (AvgIpc) is 2.90. The van der Waals surface area contributed by atoms with E-state index in [0.717, 1.165) is 16.3 Å². The molecule has 0 amide bonds. The smallest absolute Gasteiger partial charge is 0.116 e. The Morgan fingerprint density at radius 3 is 2.74 bits per heavy atom. The fraction of sp³-hybridized carbons (Fsp3) is 0.0625. The van der Waals surface area contributed by atoms with Crippen LogP contribution in [-0.2, 0) is 5.75 Å². The van der Waals surface area contributed by atoms with E-state index in [1.165, 1.54) is 15.2 Å². The average molecular weight is 283 g/mol. The quantitative estimate of drug-likeness (QED) is 0.608. The van der Waals surface area contributed by atoms with Crippen molar-refractivity contribution in [2.75, 3.05) is 0 Å². The van der Waals surface area contributed by atoms with Crippen molar-refractivity contribution in [3.63, 3.8) is 0 Å². The Bertz CT molecular complexity index is 701. The second kappa shape index (κ2) is 5.59. The molecule has 3 heteroatoms. The molecule has 0 aliphatic rings. The molecule has 0 radical (unpaired) electrons. The molecule has 0 saturated heterocycles. The van der Waals surface area contributed by atoms with E-state index in [9.17, 15) is 0 Å². The monoisotopic (exact) mass is 283 g/mol. The van der Waals surface area contributed by atoms with Crippen LogP contribution in [-0.4, -0.2) is 4.98 Å². The largest absolute Gasteiger partial charge is 0.236 e. The molecule has 0 atom stereocenters. The molecule has 0 spiro atoms. The van der Waals surface area contributed by atoms with Gasteiger partial charge in [0.25, 0.3) is 0 Å². The molecule has 1 aromatic heterocycles. The Balaban J connectivity index is 1.88. The van der Waals surface area contributed by atoms with E-state index in [2.05, 4.69) is 54.0 Å². The predicted molar refractivity (Wildman–Crippen MR) is 85.7 cm³/mol. The van der Waals surface area contributed by atoms with Crippen LogP contribution in [0.15, 0.2) is 60.0 Å². The molecule has 0 N–H and O–H groups in total. The van der Waals surface area contributed by atoms with Crippen molar-refractivity contribution in [2.24, 2.45) is 0 Å². The molecule has 0 saturated carbocycles. The number of thiazole rings is 1. The summed E-state index contributed by atoms with van der Waals surface area (Å²) < 4.78 is 1.23. The summed E-state index contributed by atoms with van der Waals surface area (Å²) in [4.78, 5) is 5.86. The van der Waals surface area contributed by atoms with E-state index >= 15 is 0 Å². The third-order valence-electron chi connectivity index (χ3n) is 2.81. The Labute approximate surface area is 121 Å². The highest BCUT2D eigenvalue weighted by Gasteiger charge is 2.07. The zero-order valence-electron chi connectivity index (χ0n) is 10.4. The third-order valence-corrected chi connectivity index (χ3v) is 4.94. The van der Waals surface area contributed by atoms with Crippen LogP contribution in [0.2, 0.25) is 0 Å². The van der Waals surface area contributed by atoms with Crippen LogP contribution in [0.25, 0.3) is 16.3 Å².